The van der Waals surface area contributed by atoms with Crippen molar-refractivity contribution in [2.45, 2.75) is 39.8 Å². The molecule has 0 aliphatic rings. The van der Waals surface area contributed by atoms with Crippen molar-refractivity contribution in [3.8, 4) is 0 Å². The Morgan fingerprint density at radius 2 is 1.77 bits per heavy atom. The van der Waals surface area contributed by atoms with Gasteiger partial charge in [0, 0.05) is 17.4 Å². The van der Waals surface area contributed by atoms with Crippen molar-refractivity contribution in [1.29, 1.82) is 0 Å². The molecule has 0 radical (unpaired) electrons. The molecular weight excluding hydrogens is 272 g/mol. The zero-order valence-electron chi connectivity index (χ0n) is 8.63. The highest BCUT2D eigenvalue weighted by Crippen LogP contribution is 2.49. The van der Waals surface area contributed by atoms with Gasteiger partial charge in [0.05, 0.1) is 6.61 Å². The SMILES string of the molecule is CC(C)N(C(C)C)P(Cl)OCCBr. The van der Waals surface area contributed by atoms with Gasteiger partial charge in [-0.3, -0.25) is 0 Å². The van der Waals surface area contributed by atoms with Crippen LogP contribution in [0.5, 0.6) is 0 Å². The lowest BCUT2D eigenvalue weighted by Crippen LogP contribution is -2.31. The second-order valence-corrected chi connectivity index (χ2v) is 6.15. The van der Waals surface area contributed by atoms with Crippen LogP contribution in [0, 0.1) is 0 Å². The Morgan fingerprint density at radius 1 is 1.31 bits per heavy atom. The lowest BCUT2D eigenvalue weighted by Gasteiger charge is -2.32. The molecule has 0 heterocycles. The third-order valence-corrected chi connectivity index (χ3v) is 4.34. The fourth-order valence-corrected chi connectivity index (χ4v) is 3.90. The molecule has 0 saturated carbocycles. The maximum atomic E-state index is 6.16. The summed E-state index contributed by atoms with van der Waals surface area (Å²) >= 11 is 9.47. The Hall–Kier alpha value is 1.12. The predicted molar refractivity (Wildman–Crippen MR) is 64.6 cm³/mol. The molecule has 13 heavy (non-hydrogen) atoms. The predicted octanol–water partition coefficient (Wildman–Crippen LogP) is 3.98. The van der Waals surface area contributed by atoms with Crippen LogP contribution < -0.4 is 0 Å². The smallest absolute Gasteiger partial charge is 0.207 e. The summed E-state index contributed by atoms with van der Waals surface area (Å²) in [6.45, 7) is 9.21. The largest absolute Gasteiger partial charge is 0.331 e. The first-order valence-electron chi connectivity index (χ1n) is 4.43. The third kappa shape index (κ3) is 5.54. The molecule has 0 aliphatic heterocycles. The van der Waals surface area contributed by atoms with Crippen molar-refractivity contribution in [2.75, 3.05) is 11.9 Å². The highest BCUT2D eigenvalue weighted by Gasteiger charge is 2.23. The maximum absolute atomic E-state index is 6.16. The average Bonchev–Trinajstić information content (AvgIpc) is 1.99. The Kier molecular flexibility index (Phi) is 8.06. The monoisotopic (exact) mass is 289 g/mol. The van der Waals surface area contributed by atoms with E-state index in [2.05, 4.69) is 48.3 Å². The zero-order chi connectivity index (χ0) is 10.4. The molecule has 0 aromatic carbocycles. The molecule has 0 aliphatic carbocycles. The summed E-state index contributed by atoms with van der Waals surface area (Å²) in [4.78, 5) is 0. The minimum atomic E-state index is -0.953. The van der Waals surface area contributed by atoms with Crippen molar-refractivity contribution in [2.24, 2.45) is 0 Å². The molecule has 1 unspecified atom stereocenters. The molecule has 0 spiro atoms. The summed E-state index contributed by atoms with van der Waals surface area (Å²) in [5, 5.41) is 0.836. The molecule has 1 atom stereocenters. The average molecular weight is 291 g/mol. The van der Waals surface area contributed by atoms with E-state index in [1.807, 2.05) is 0 Å². The molecule has 5 heteroatoms. The quantitative estimate of drug-likeness (QED) is 0.542. The van der Waals surface area contributed by atoms with Gasteiger partial charge in [0.25, 0.3) is 0 Å². The van der Waals surface area contributed by atoms with E-state index in [-0.39, 0.29) is 0 Å². The summed E-state index contributed by atoms with van der Waals surface area (Å²) in [7, 11) is -0.953. The first-order valence-corrected chi connectivity index (χ1v) is 7.67. The molecule has 80 valence electrons. The van der Waals surface area contributed by atoms with Crippen LogP contribution in [0.15, 0.2) is 0 Å². The minimum Gasteiger partial charge on any atom is -0.331 e. The van der Waals surface area contributed by atoms with Crippen LogP contribution in [0.1, 0.15) is 27.7 Å². The van der Waals surface area contributed by atoms with Crippen LogP contribution in [0.4, 0.5) is 0 Å². The molecule has 0 fully saturated rings. The maximum Gasteiger partial charge on any atom is 0.207 e. The van der Waals surface area contributed by atoms with Crippen LogP contribution >= 0.6 is 34.8 Å². The number of alkyl halides is 1. The summed E-state index contributed by atoms with van der Waals surface area (Å²) in [6, 6.07) is 0.859. The highest BCUT2D eigenvalue weighted by molar-refractivity contribution is 9.09. The van der Waals surface area contributed by atoms with E-state index in [0.717, 1.165) is 5.33 Å². The Morgan fingerprint density at radius 3 is 2.08 bits per heavy atom. The van der Waals surface area contributed by atoms with Crippen LogP contribution in [0.25, 0.3) is 0 Å². The minimum absolute atomic E-state index is 0.430. The number of hydrogen-bond acceptors (Lipinski definition) is 2. The highest BCUT2D eigenvalue weighted by atomic mass is 79.9. The van der Waals surface area contributed by atoms with E-state index < -0.39 is 7.65 Å². The molecular formula is C8H18BrClNOP. The molecule has 0 rings (SSSR count). The summed E-state index contributed by atoms with van der Waals surface area (Å²) in [5.74, 6) is 0. The van der Waals surface area contributed by atoms with Gasteiger partial charge in [-0.15, -0.1) is 0 Å². The van der Waals surface area contributed by atoms with E-state index in [1.54, 1.807) is 0 Å². The molecule has 0 aromatic heterocycles. The van der Waals surface area contributed by atoms with Gasteiger partial charge in [-0.2, -0.15) is 0 Å². The number of halogens is 2. The normalized spacial score (nSPS) is 14.5. The third-order valence-electron chi connectivity index (χ3n) is 1.51. The number of rotatable bonds is 6. The van der Waals surface area contributed by atoms with E-state index in [4.69, 9.17) is 15.8 Å². The Labute approximate surface area is 95.8 Å². The van der Waals surface area contributed by atoms with Crippen LogP contribution in [-0.4, -0.2) is 28.7 Å². The first-order chi connectivity index (χ1) is 6.00. The second kappa shape index (κ2) is 7.42. The second-order valence-electron chi connectivity index (χ2n) is 3.32. The topological polar surface area (TPSA) is 12.5 Å². The van der Waals surface area contributed by atoms with Gasteiger partial charge in [-0.1, -0.05) is 15.9 Å². The molecule has 0 aromatic rings. The Bertz CT molecular complexity index is 129. The molecule has 0 saturated heterocycles. The van der Waals surface area contributed by atoms with Gasteiger partial charge < -0.3 is 4.52 Å². The van der Waals surface area contributed by atoms with Crippen molar-refractivity contribution in [3.05, 3.63) is 0 Å². The number of hydrogen-bond donors (Lipinski definition) is 0. The fraction of sp³-hybridized carbons (Fsp3) is 1.00. The first kappa shape index (κ1) is 14.1. The summed E-state index contributed by atoms with van der Waals surface area (Å²) in [6.07, 6.45) is 0. The van der Waals surface area contributed by atoms with Gasteiger partial charge >= 0.3 is 0 Å². The molecule has 0 bridgehead atoms. The van der Waals surface area contributed by atoms with E-state index in [1.165, 1.54) is 0 Å². The standard InChI is InChI=1S/C8H18BrClNOP/c1-7(2)11(8(3)4)13(10)12-6-5-9/h7-8H,5-6H2,1-4H3. The zero-order valence-corrected chi connectivity index (χ0v) is 11.9. The van der Waals surface area contributed by atoms with Gasteiger partial charge in [0.2, 0.25) is 7.65 Å². The van der Waals surface area contributed by atoms with Gasteiger partial charge in [0.15, 0.2) is 0 Å². The molecule has 2 nitrogen and oxygen atoms in total. The van der Waals surface area contributed by atoms with Gasteiger partial charge in [-0.25, -0.2) is 4.67 Å². The molecule has 0 N–H and O–H groups in total. The lowest BCUT2D eigenvalue weighted by molar-refractivity contribution is 0.271. The van der Waals surface area contributed by atoms with Crippen LogP contribution in [-0.2, 0) is 4.52 Å². The Balaban J connectivity index is 4.04. The van der Waals surface area contributed by atoms with Crippen molar-refractivity contribution in [1.82, 2.24) is 4.67 Å². The lowest BCUT2D eigenvalue weighted by atomic mass is 10.3. The van der Waals surface area contributed by atoms with Gasteiger partial charge in [-0.05, 0) is 38.9 Å². The van der Waals surface area contributed by atoms with E-state index in [9.17, 15) is 0 Å². The van der Waals surface area contributed by atoms with E-state index >= 15 is 0 Å². The van der Waals surface area contributed by atoms with Crippen molar-refractivity contribution in [3.63, 3.8) is 0 Å². The fourth-order valence-electron chi connectivity index (χ4n) is 1.14. The van der Waals surface area contributed by atoms with Gasteiger partial charge in [0.1, 0.15) is 0 Å². The summed E-state index contributed by atoms with van der Waals surface area (Å²) in [5.41, 5.74) is 0. The van der Waals surface area contributed by atoms with E-state index in [0.29, 0.717) is 18.7 Å². The van der Waals surface area contributed by atoms with Crippen molar-refractivity contribution >= 4 is 34.8 Å². The summed E-state index contributed by atoms with van der Waals surface area (Å²) < 4.78 is 7.68. The van der Waals surface area contributed by atoms with Crippen LogP contribution in [0.2, 0.25) is 0 Å². The molecule has 0 amide bonds. The van der Waals surface area contributed by atoms with Crippen LogP contribution in [0.3, 0.4) is 0 Å². The number of nitrogens with zero attached hydrogens (tertiary/aromatic N) is 1. The van der Waals surface area contributed by atoms with Crippen molar-refractivity contribution < 1.29 is 4.52 Å².